The fraction of sp³-hybridized carbons (Fsp3) is 0.148. The predicted octanol–water partition coefficient (Wildman–Crippen LogP) is 5.72. The highest BCUT2D eigenvalue weighted by Crippen LogP contribution is 2.27. The molecule has 2 heterocycles. The van der Waals surface area contributed by atoms with E-state index in [-0.39, 0.29) is 5.91 Å². The molecule has 154 valence electrons. The molecule has 4 heteroatoms. The van der Waals surface area contributed by atoms with Crippen molar-refractivity contribution in [2.24, 2.45) is 0 Å². The lowest BCUT2D eigenvalue weighted by atomic mass is 10.0. The van der Waals surface area contributed by atoms with Crippen molar-refractivity contribution in [1.29, 1.82) is 0 Å². The molecular weight excluding hydrogens is 386 g/mol. The van der Waals surface area contributed by atoms with Gasteiger partial charge in [-0.05, 0) is 46.5 Å². The number of rotatable bonds is 6. The van der Waals surface area contributed by atoms with E-state index in [1.807, 2.05) is 47.4 Å². The number of hydrogen-bond donors (Lipinski definition) is 0. The SMILES string of the molecule is O=C(c1ccc2c(c1)CCO2)N(Cc1ccc(-c2ccccc2)cc1)Cc1ccoc1. The van der Waals surface area contributed by atoms with E-state index in [9.17, 15) is 4.79 Å². The summed E-state index contributed by atoms with van der Waals surface area (Å²) in [6.07, 6.45) is 4.17. The van der Waals surface area contributed by atoms with E-state index in [1.165, 1.54) is 5.56 Å². The van der Waals surface area contributed by atoms with Crippen LogP contribution < -0.4 is 4.74 Å². The van der Waals surface area contributed by atoms with E-state index in [1.54, 1.807) is 12.5 Å². The molecule has 0 bridgehead atoms. The first-order valence-electron chi connectivity index (χ1n) is 10.5. The molecule has 0 N–H and O–H groups in total. The molecule has 0 saturated heterocycles. The number of amides is 1. The second-order valence-corrected chi connectivity index (χ2v) is 7.78. The van der Waals surface area contributed by atoms with E-state index in [4.69, 9.17) is 9.15 Å². The first-order valence-corrected chi connectivity index (χ1v) is 10.5. The van der Waals surface area contributed by atoms with Crippen molar-refractivity contribution in [2.75, 3.05) is 6.61 Å². The quantitative estimate of drug-likeness (QED) is 0.409. The van der Waals surface area contributed by atoms with Crippen LogP contribution in [0, 0.1) is 0 Å². The lowest BCUT2D eigenvalue weighted by Gasteiger charge is -2.23. The van der Waals surface area contributed by atoms with Crippen LogP contribution in [-0.2, 0) is 19.5 Å². The third-order valence-electron chi connectivity index (χ3n) is 5.61. The monoisotopic (exact) mass is 409 g/mol. The molecular formula is C27H23NO3. The van der Waals surface area contributed by atoms with Crippen molar-refractivity contribution in [3.63, 3.8) is 0 Å². The van der Waals surface area contributed by atoms with Crippen LogP contribution in [0.1, 0.15) is 27.0 Å². The lowest BCUT2D eigenvalue weighted by Crippen LogP contribution is -2.30. The van der Waals surface area contributed by atoms with Gasteiger partial charge in [-0.3, -0.25) is 4.79 Å². The topological polar surface area (TPSA) is 42.7 Å². The van der Waals surface area contributed by atoms with Crippen LogP contribution in [-0.4, -0.2) is 17.4 Å². The van der Waals surface area contributed by atoms with E-state index < -0.39 is 0 Å². The van der Waals surface area contributed by atoms with Gasteiger partial charge in [-0.25, -0.2) is 0 Å². The summed E-state index contributed by atoms with van der Waals surface area (Å²) in [6, 6.07) is 26.3. The average molecular weight is 409 g/mol. The number of nitrogens with zero attached hydrogens (tertiary/aromatic N) is 1. The van der Waals surface area contributed by atoms with Gasteiger partial charge in [0, 0.05) is 30.6 Å². The molecule has 5 rings (SSSR count). The molecule has 0 atom stereocenters. The summed E-state index contributed by atoms with van der Waals surface area (Å²) >= 11 is 0. The minimum Gasteiger partial charge on any atom is -0.493 e. The predicted molar refractivity (Wildman–Crippen MR) is 120 cm³/mol. The molecule has 1 aromatic heterocycles. The average Bonchev–Trinajstić information content (AvgIpc) is 3.51. The second-order valence-electron chi connectivity index (χ2n) is 7.78. The Hall–Kier alpha value is -3.79. The minimum absolute atomic E-state index is 0.00281. The number of furan rings is 1. The molecule has 3 aromatic carbocycles. The molecule has 4 nitrogen and oxygen atoms in total. The number of hydrogen-bond acceptors (Lipinski definition) is 3. The third kappa shape index (κ3) is 4.24. The van der Waals surface area contributed by atoms with Gasteiger partial charge in [0.1, 0.15) is 5.75 Å². The fourth-order valence-electron chi connectivity index (χ4n) is 3.96. The number of ether oxygens (including phenoxy) is 1. The molecule has 0 unspecified atom stereocenters. The molecule has 0 saturated carbocycles. The van der Waals surface area contributed by atoms with Crippen molar-refractivity contribution in [3.8, 4) is 16.9 Å². The zero-order valence-corrected chi connectivity index (χ0v) is 17.2. The molecule has 1 aliphatic rings. The summed E-state index contributed by atoms with van der Waals surface area (Å²) in [5.41, 5.74) is 6.19. The van der Waals surface area contributed by atoms with Crippen LogP contribution in [0.2, 0.25) is 0 Å². The van der Waals surface area contributed by atoms with Crippen molar-refractivity contribution in [2.45, 2.75) is 19.5 Å². The van der Waals surface area contributed by atoms with E-state index in [0.717, 1.165) is 34.4 Å². The molecule has 1 amide bonds. The van der Waals surface area contributed by atoms with Crippen LogP contribution in [0.5, 0.6) is 5.75 Å². The van der Waals surface area contributed by atoms with E-state index in [2.05, 4.69) is 36.4 Å². The van der Waals surface area contributed by atoms with Crippen molar-refractivity contribution >= 4 is 5.91 Å². The Balaban J connectivity index is 1.39. The van der Waals surface area contributed by atoms with Gasteiger partial charge in [-0.2, -0.15) is 0 Å². The summed E-state index contributed by atoms with van der Waals surface area (Å²) in [7, 11) is 0. The molecule has 0 spiro atoms. The normalized spacial score (nSPS) is 12.3. The van der Waals surface area contributed by atoms with Gasteiger partial charge in [0.15, 0.2) is 0 Å². The summed E-state index contributed by atoms with van der Waals surface area (Å²) in [6.45, 7) is 1.69. The first-order chi connectivity index (χ1) is 15.3. The van der Waals surface area contributed by atoms with Crippen LogP contribution in [0.3, 0.4) is 0 Å². The zero-order chi connectivity index (χ0) is 21.0. The van der Waals surface area contributed by atoms with Crippen LogP contribution >= 0.6 is 0 Å². The Labute approximate surface area is 181 Å². The Bertz CT molecular complexity index is 1170. The Morgan fingerprint density at radius 2 is 1.61 bits per heavy atom. The lowest BCUT2D eigenvalue weighted by molar-refractivity contribution is 0.0729. The summed E-state index contributed by atoms with van der Waals surface area (Å²) < 4.78 is 10.8. The maximum absolute atomic E-state index is 13.4. The maximum Gasteiger partial charge on any atom is 0.254 e. The van der Waals surface area contributed by atoms with Gasteiger partial charge < -0.3 is 14.1 Å². The van der Waals surface area contributed by atoms with E-state index >= 15 is 0 Å². The highest BCUT2D eigenvalue weighted by molar-refractivity contribution is 5.94. The molecule has 0 radical (unpaired) electrons. The van der Waals surface area contributed by atoms with E-state index in [0.29, 0.717) is 25.3 Å². The largest absolute Gasteiger partial charge is 0.493 e. The second kappa shape index (κ2) is 8.52. The van der Waals surface area contributed by atoms with Gasteiger partial charge in [-0.1, -0.05) is 54.6 Å². The number of carbonyl (C=O) groups excluding carboxylic acids is 1. The summed E-state index contributed by atoms with van der Waals surface area (Å²) in [5, 5.41) is 0. The number of benzene rings is 3. The molecule has 4 aromatic rings. The van der Waals surface area contributed by atoms with Crippen molar-refractivity contribution < 1.29 is 13.9 Å². The molecule has 1 aliphatic heterocycles. The smallest absolute Gasteiger partial charge is 0.254 e. The van der Waals surface area contributed by atoms with Gasteiger partial charge in [0.2, 0.25) is 0 Å². The van der Waals surface area contributed by atoms with Gasteiger partial charge in [0.05, 0.1) is 19.1 Å². The van der Waals surface area contributed by atoms with Gasteiger partial charge in [0.25, 0.3) is 5.91 Å². The Morgan fingerprint density at radius 3 is 2.39 bits per heavy atom. The fourth-order valence-corrected chi connectivity index (χ4v) is 3.96. The molecule has 0 aliphatic carbocycles. The number of carbonyl (C=O) groups is 1. The summed E-state index contributed by atoms with van der Waals surface area (Å²) in [5.74, 6) is 0.887. The van der Waals surface area contributed by atoms with Crippen molar-refractivity contribution in [3.05, 3.63) is 114 Å². The number of fused-ring (bicyclic) bond motifs is 1. The Morgan fingerprint density at radius 1 is 0.839 bits per heavy atom. The zero-order valence-electron chi connectivity index (χ0n) is 17.2. The van der Waals surface area contributed by atoms with Crippen LogP contribution in [0.25, 0.3) is 11.1 Å². The first kappa shape index (κ1) is 19.2. The standard InChI is InChI=1S/C27H23NO3/c29-27(25-10-11-26-24(16-25)13-15-31-26)28(18-21-12-14-30-19-21)17-20-6-8-23(9-7-20)22-4-2-1-3-5-22/h1-12,14,16,19H,13,15,17-18H2. The highest BCUT2D eigenvalue weighted by atomic mass is 16.5. The van der Waals surface area contributed by atoms with Crippen LogP contribution in [0.4, 0.5) is 0 Å². The maximum atomic E-state index is 13.4. The molecule has 0 fully saturated rings. The van der Waals surface area contributed by atoms with Crippen molar-refractivity contribution in [1.82, 2.24) is 4.90 Å². The van der Waals surface area contributed by atoms with Gasteiger partial charge >= 0.3 is 0 Å². The minimum atomic E-state index is 0.00281. The highest BCUT2D eigenvalue weighted by Gasteiger charge is 2.20. The third-order valence-corrected chi connectivity index (χ3v) is 5.61. The van der Waals surface area contributed by atoms with Gasteiger partial charge in [-0.15, -0.1) is 0 Å². The van der Waals surface area contributed by atoms with Crippen LogP contribution in [0.15, 0.2) is 95.8 Å². The molecule has 31 heavy (non-hydrogen) atoms. The Kier molecular flexibility index (Phi) is 5.28. The summed E-state index contributed by atoms with van der Waals surface area (Å²) in [4.78, 5) is 15.3.